The van der Waals surface area contributed by atoms with Crippen LogP contribution in [0.1, 0.15) is 0 Å². The molecule has 0 amide bonds. The van der Waals surface area contributed by atoms with Crippen molar-refractivity contribution in [2.24, 2.45) is 0 Å². The summed E-state index contributed by atoms with van der Waals surface area (Å²) in [4.78, 5) is 0. The van der Waals surface area contributed by atoms with E-state index in [4.69, 9.17) is 0 Å². The molecule has 3 nitrogen and oxygen atoms in total. The molecule has 0 saturated heterocycles. The van der Waals surface area contributed by atoms with Gasteiger partial charge in [0.1, 0.15) is 0 Å². The number of hydrogen-bond acceptors (Lipinski definition) is 2. The summed E-state index contributed by atoms with van der Waals surface area (Å²) >= 11 is 0. The number of para-hydroxylation sites is 1. The number of aromatic nitrogens is 3. The van der Waals surface area contributed by atoms with Gasteiger partial charge in [0, 0.05) is 0 Å². The molecule has 13 heavy (non-hydrogen) atoms. The van der Waals surface area contributed by atoms with Gasteiger partial charge in [-0.25, -0.2) is 0 Å². The van der Waals surface area contributed by atoms with E-state index in [-0.39, 0.29) is 0 Å². The Balaban J connectivity index is 2.82. The van der Waals surface area contributed by atoms with Gasteiger partial charge in [0.15, 0.2) is 0 Å². The average molecular weight is 171 g/mol. The summed E-state index contributed by atoms with van der Waals surface area (Å²) in [5.74, 6) is 0. The first-order valence-electron chi connectivity index (χ1n) is 4.05. The highest BCUT2D eigenvalue weighted by Crippen LogP contribution is 2.05. The zero-order chi connectivity index (χ0) is 8.93. The summed E-state index contributed by atoms with van der Waals surface area (Å²) in [7, 11) is 0. The number of fused-ring (bicyclic) bond motifs is 1. The van der Waals surface area contributed by atoms with E-state index in [9.17, 15) is 0 Å². The van der Waals surface area contributed by atoms with Crippen LogP contribution in [0.15, 0.2) is 48.7 Å². The van der Waals surface area contributed by atoms with Crippen molar-refractivity contribution in [1.29, 1.82) is 0 Å². The van der Waals surface area contributed by atoms with E-state index in [1.54, 1.807) is 6.20 Å². The lowest BCUT2D eigenvalue weighted by Gasteiger charge is -1.88. The molecule has 1 N–H and O–H groups in total. The quantitative estimate of drug-likeness (QED) is 0.659. The molecule has 1 aromatic heterocycles. The van der Waals surface area contributed by atoms with E-state index < -0.39 is 0 Å². The number of aromatic amines is 1. The standard InChI is InChI=1S/C10H9N3/c1-2-7-10-9(5-1)6-3-4-8-11-13-12-10/h1-8H,(H,11,12). The predicted molar refractivity (Wildman–Crippen MR) is 51.5 cm³/mol. The van der Waals surface area contributed by atoms with Gasteiger partial charge in [0.05, 0.1) is 11.7 Å². The Kier molecular flexibility index (Phi) is 2.18. The second-order valence-corrected chi connectivity index (χ2v) is 2.62. The number of H-pyrrole nitrogens is 1. The van der Waals surface area contributed by atoms with Crippen LogP contribution in [0, 0.1) is 0 Å². The summed E-state index contributed by atoms with van der Waals surface area (Å²) in [6.45, 7) is 0. The van der Waals surface area contributed by atoms with Gasteiger partial charge in [-0.3, -0.25) is 5.10 Å². The summed E-state index contributed by atoms with van der Waals surface area (Å²) in [5, 5.41) is 11.5. The molecule has 0 spiro atoms. The average Bonchev–Trinajstić information content (AvgIpc) is 2.28. The molecule has 0 bridgehead atoms. The molecule has 2 rings (SSSR count). The minimum atomic E-state index is 0.964. The fourth-order valence-electron chi connectivity index (χ4n) is 1.11. The van der Waals surface area contributed by atoms with Crippen LogP contribution in [-0.4, -0.2) is 15.4 Å². The van der Waals surface area contributed by atoms with Gasteiger partial charge >= 0.3 is 0 Å². The first-order valence-corrected chi connectivity index (χ1v) is 4.05. The van der Waals surface area contributed by atoms with Crippen LogP contribution in [0.25, 0.3) is 10.9 Å². The molecule has 64 valence electrons. The van der Waals surface area contributed by atoms with Crippen LogP contribution < -0.4 is 0 Å². The monoisotopic (exact) mass is 171 g/mol. The van der Waals surface area contributed by atoms with Crippen LogP contribution in [0.2, 0.25) is 0 Å². The van der Waals surface area contributed by atoms with Crippen molar-refractivity contribution >= 4 is 10.9 Å². The third kappa shape index (κ3) is 1.82. The van der Waals surface area contributed by atoms with Gasteiger partial charge in [-0.15, -0.1) is 5.10 Å². The number of nitrogens with zero attached hydrogens (tertiary/aromatic N) is 2. The maximum Gasteiger partial charge on any atom is 0.0651 e. The molecule has 1 heterocycles. The topological polar surface area (TPSA) is 41.6 Å². The number of nitrogens with one attached hydrogen (secondary N) is 1. The zero-order valence-corrected chi connectivity index (χ0v) is 7.01. The largest absolute Gasteiger partial charge is 0.259 e. The highest BCUT2D eigenvalue weighted by Gasteiger charge is 1.84. The minimum absolute atomic E-state index is 0.964. The fraction of sp³-hybridized carbons (Fsp3) is 0. The summed E-state index contributed by atoms with van der Waals surface area (Å²) in [6.07, 6.45) is 1.63. The van der Waals surface area contributed by atoms with E-state index in [1.165, 1.54) is 0 Å². The highest BCUT2D eigenvalue weighted by molar-refractivity contribution is 5.76. The Labute approximate surface area is 75.7 Å². The Morgan fingerprint density at radius 3 is 2.62 bits per heavy atom. The molecule has 1 aromatic carbocycles. The first-order chi connectivity index (χ1) is 6.47. The Morgan fingerprint density at radius 1 is 0.923 bits per heavy atom. The third-order valence-electron chi connectivity index (χ3n) is 1.73. The smallest absolute Gasteiger partial charge is 0.0651 e. The summed E-state index contributed by atoms with van der Waals surface area (Å²) in [5.41, 5.74) is 0.964. The van der Waals surface area contributed by atoms with Crippen LogP contribution in [0.5, 0.6) is 0 Å². The lowest BCUT2D eigenvalue weighted by atomic mass is 10.2. The molecule has 0 radical (unpaired) electrons. The van der Waals surface area contributed by atoms with Crippen molar-refractivity contribution in [1.82, 2.24) is 15.4 Å². The van der Waals surface area contributed by atoms with E-state index >= 15 is 0 Å². The predicted octanol–water partition coefficient (Wildman–Crippen LogP) is 2.08. The van der Waals surface area contributed by atoms with Crippen molar-refractivity contribution in [2.45, 2.75) is 0 Å². The first kappa shape index (κ1) is 7.73. The fourth-order valence-corrected chi connectivity index (χ4v) is 1.11. The van der Waals surface area contributed by atoms with Crippen LogP contribution in [0.3, 0.4) is 0 Å². The number of hydrogen-bond donors (Lipinski definition) is 1. The Morgan fingerprint density at radius 2 is 1.69 bits per heavy atom. The van der Waals surface area contributed by atoms with Crippen molar-refractivity contribution in [2.75, 3.05) is 0 Å². The molecule has 0 aliphatic carbocycles. The van der Waals surface area contributed by atoms with Crippen LogP contribution in [-0.2, 0) is 0 Å². The van der Waals surface area contributed by atoms with Crippen molar-refractivity contribution < 1.29 is 0 Å². The molecule has 3 heteroatoms. The zero-order valence-electron chi connectivity index (χ0n) is 7.01. The minimum Gasteiger partial charge on any atom is -0.259 e. The molecule has 0 unspecified atom stereocenters. The van der Waals surface area contributed by atoms with E-state index in [0.29, 0.717) is 0 Å². The second kappa shape index (κ2) is 3.67. The summed E-state index contributed by atoms with van der Waals surface area (Å²) in [6, 6.07) is 13.7. The number of benzene rings is 1. The SMILES string of the molecule is c1ccc2ccccc2[nH]nnc1. The molecule has 0 saturated carbocycles. The maximum atomic E-state index is 3.78. The highest BCUT2D eigenvalue weighted by atomic mass is 15.3. The van der Waals surface area contributed by atoms with Crippen molar-refractivity contribution in [3.05, 3.63) is 48.7 Å². The van der Waals surface area contributed by atoms with Crippen molar-refractivity contribution in [3.8, 4) is 0 Å². The van der Waals surface area contributed by atoms with Gasteiger partial charge in [0.25, 0.3) is 0 Å². The Bertz CT molecular complexity index is 406. The van der Waals surface area contributed by atoms with E-state index in [2.05, 4.69) is 15.4 Å². The number of rotatable bonds is 0. The van der Waals surface area contributed by atoms with Crippen LogP contribution >= 0.6 is 0 Å². The molecular formula is C10H9N3. The normalized spacial score (nSPS) is 9.54. The van der Waals surface area contributed by atoms with Crippen LogP contribution in [0.4, 0.5) is 0 Å². The van der Waals surface area contributed by atoms with Gasteiger partial charge in [-0.2, -0.15) is 0 Å². The van der Waals surface area contributed by atoms with Gasteiger partial charge in [0.2, 0.25) is 0 Å². The third-order valence-corrected chi connectivity index (χ3v) is 1.73. The lowest BCUT2D eigenvalue weighted by molar-refractivity contribution is 0.904. The lowest BCUT2D eigenvalue weighted by Crippen LogP contribution is -1.78. The van der Waals surface area contributed by atoms with Gasteiger partial charge < -0.3 is 0 Å². The Hall–Kier alpha value is -1.90. The van der Waals surface area contributed by atoms with Crippen molar-refractivity contribution in [3.63, 3.8) is 0 Å². The molecule has 0 atom stereocenters. The van der Waals surface area contributed by atoms with Gasteiger partial charge in [-0.05, 0) is 17.5 Å². The van der Waals surface area contributed by atoms with E-state index in [1.807, 2.05) is 42.5 Å². The molecular weight excluding hydrogens is 162 g/mol. The molecule has 0 aliphatic rings. The maximum absolute atomic E-state index is 3.78. The van der Waals surface area contributed by atoms with Gasteiger partial charge in [-0.1, -0.05) is 35.5 Å². The van der Waals surface area contributed by atoms with E-state index in [0.717, 1.165) is 10.9 Å². The molecule has 0 fully saturated rings. The molecule has 0 aliphatic heterocycles. The second-order valence-electron chi connectivity index (χ2n) is 2.62. The summed E-state index contributed by atoms with van der Waals surface area (Å²) < 4.78 is 0. The molecule has 2 aromatic rings.